The molecule has 1 aromatic heterocycles. The van der Waals surface area contributed by atoms with Gasteiger partial charge in [0, 0.05) is 48.4 Å². The minimum absolute atomic E-state index is 0.00736. The van der Waals surface area contributed by atoms with E-state index in [0.717, 1.165) is 38.3 Å². The van der Waals surface area contributed by atoms with Crippen LogP contribution in [0.4, 0.5) is 10.5 Å². The molecule has 2 amide bonds. The molecule has 1 N–H and O–H groups in total. The van der Waals surface area contributed by atoms with Crippen LogP contribution < -0.4 is 15.0 Å². The average Bonchev–Trinajstić information content (AvgIpc) is 3.38. The molecule has 28 heavy (non-hydrogen) atoms. The molecule has 0 radical (unpaired) electrons. The van der Waals surface area contributed by atoms with Gasteiger partial charge >= 0.3 is 6.03 Å². The maximum absolute atomic E-state index is 12.6. The number of carbonyl (C=O) groups excluding carboxylic acids is 1. The monoisotopic (exact) mass is 393 g/mol. The molecule has 3 aromatic rings. The van der Waals surface area contributed by atoms with E-state index in [0.29, 0.717) is 6.54 Å². The lowest BCUT2D eigenvalue weighted by atomic mass is 10.1. The van der Waals surface area contributed by atoms with Crippen LogP contribution in [-0.2, 0) is 6.42 Å². The van der Waals surface area contributed by atoms with E-state index in [9.17, 15) is 4.79 Å². The number of amides is 2. The number of ether oxygens (including phenoxy) is 1. The van der Waals surface area contributed by atoms with Crippen molar-refractivity contribution in [1.29, 1.82) is 0 Å². The Balaban J connectivity index is 1.14. The van der Waals surface area contributed by atoms with Gasteiger partial charge < -0.3 is 19.9 Å². The predicted octanol–water partition coefficient (Wildman–Crippen LogP) is 3.74. The quantitative estimate of drug-likeness (QED) is 0.737. The van der Waals surface area contributed by atoms with E-state index in [4.69, 9.17) is 4.74 Å². The van der Waals surface area contributed by atoms with Gasteiger partial charge in [-0.05, 0) is 35.2 Å². The van der Waals surface area contributed by atoms with Gasteiger partial charge in [-0.2, -0.15) is 0 Å². The number of rotatable bonds is 3. The third kappa shape index (κ3) is 3.29. The standard InChI is InChI=1S/C22H23N3O2S/c26-22(23-15-17-14-16-4-1-2-6-20(16)27-17)25-11-9-24(10-12-25)19-5-3-7-21-18(19)8-13-28-21/h1-8,13,17H,9-12,14-15H2,(H,23,26). The lowest BCUT2D eigenvalue weighted by Gasteiger charge is -2.36. The summed E-state index contributed by atoms with van der Waals surface area (Å²) in [4.78, 5) is 16.9. The highest BCUT2D eigenvalue weighted by Crippen LogP contribution is 2.31. The van der Waals surface area contributed by atoms with Gasteiger partial charge in [0.15, 0.2) is 0 Å². The fraction of sp³-hybridized carbons (Fsp3) is 0.318. The summed E-state index contributed by atoms with van der Waals surface area (Å²) in [5, 5.41) is 6.50. The number of hydrogen-bond donors (Lipinski definition) is 1. The van der Waals surface area contributed by atoms with Crippen LogP contribution >= 0.6 is 11.3 Å². The molecule has 0 aliphatic carbocycles. The molecule has 0 bridgehead atoms. The van der Waals surface area contributed by atoms with Crippen LogP contribution in [0.2, 0.25) is 0 Å². The summed E-state index contributed by atoms with van der Waals surface area (Å²) in [5.74, 6) is 0.943. The number of urea groups is 1. The molecular formula is C22H23N3O2S. The van der Waals surface area contributed by atoms with Gasteiger partial charge in [-0.25, -0.2) is 4.79 Å². The van der Waals surface area contributed by atoms with E-state index in [1.807, 2.05) is 23.1 Å². The minimum atomic E-state index is 0.00736. The van der Waals surface area contributed by atoms with Crippen LogP contribution in [0.1, 0.15) is 5.56 Å². The van der Waals surface area contributed by atoms with Crippen LogP contribution in [0.3, 0.4) is 0 Å². The molecule has 0 spiro atoms. The smallest absolute Gasteiger partial charge is 0.317 e. The number of fused-ring (bicyclic) bond motifs is 2. The first-order valence-corrected chi connectivity index (χ1v) is 10.6. The minimum Gasteiger partial charge on any atom is -0.488 e. The maximum Gasteiger partial charge on any atom is 0.317 e. The first-order chi connectivity index (χ1) is 13.8. The summed E-state index contributed by atoms with van der Waals surface area (Å²) in [7, 11) is 0. The number of benzene rings is 2. The highest BCUT2D eigenvalue weighted by atomic mass is 32.1. The average molecular weight is 394 g/mol. The van der Waals surface area contributed by atoms with E-state index in [1.54, 1.807) is 11.3 Å². The lowest BCUT2D eigenvalue weighted by molar-refractivity contribution is 0.182. The fourth-order valence-corrected chi connectivity index (χ4v) is 4.89. The molecule has 1 atom stereocenters. The normalized spacial score (nSPS) is 18.8. The first-order valence-electron chi connectivity index (χ1n) is 9.76. The Morgan fingerprint density at radius 1 is 1.07 bits per heavy atom. The van der Waals surface area contributed by atoms with Crippen molar-refractivity contribution in [3.05, 3.63) is 59.5 Å². The largest absolute Gasteiger partial charge is 0.488 e. The van der Waals surface area contributed by atoms with E-state index >= 15 is 0 Å². The Hall–Kier alpha value is -2.73. The summed E-state index contributed by atoms with van der Waals surface area (Å²) in [5.41, 5.74) is 2.49. The van der Waals surface area contributed by atoms with Gasteiger partial charge in [0.05, 0.1) is 6.54 Å². The van der Waals surface area contributed by atoms with Gasteiger partial charge in [-0.1, -0.05) is 24.3 Å². The van der Waals surface area contributed by atoms with Crippen LogP contribution in [0.5, 0.6) is 5.75 Å². The van der Waals surface area contributed by atoms with Gasteiger partial charge in [-0.15, -0.1) is 11.3 Å². The van der Waals surface area contributed by atoms with E-state index in [-0.39, 0.29) is 12.1 Å². The van der Waals surface area contributed by atoms with Crippen molar-refractivity contribution in [3.63, 3.8) is 0 Å². The molecule has 2 aliphatic rings. The summed E-state index contributed by atoms with van der Waals surface area (Å²) in [6, 6.07) is 16.7. The molecular weight excluding hydrogens is 370 g/mol. The number of nitrogens with one attached hydrogen (secondary N) is 1. The third-order valence-corrected chi connectivity index (χ3v) is 6.46. The molecule has 0 saturated carbocycles. The molecule has 3 heterocycles. The summed E-state index contributed by atoms with van der Waals surface area (Å²) >= 11 is 1.77. The number of anilines is 1. The van der Waals surface area contributed by atoms with E-state index in [1.165, 1.54) is 21.3 Å². The van der Waals surface area contributed by atoms with Crippen LogP contribution in [0.15, 0.2) is 53.9 Å². The highest BCUT2D eigenvalue weighted by Gasteiger charge is 2.25. The third-order valence-electron chi connectivity index (χ3n) is 5.58. The van der Waals surface area contributed by atoms with Gasteiger partial charge in [0.2, 0.25) is 0 Å². The SMILES string of the molecule is O=C(NCC1Cc2ccccc2O1)N1CCN(c2cccc3sccc23)CC1. The molecule has 2 aromatic carbocycles. The van der Waals surface area contributed by atoms with Crippen molar-refractivity contribution >= 4 is 33.1 Å². The molecule has 5 nitrogen and oxygen atoms in total. The van der Waals surface area contributed by atoms with Crippen molar-refractivity contribution in [2.45, 2.75) is 12.5 Å². The van der Waals surface area contributed by atoms with Crippen LogP contribution in [0.25, 0.3) is 10.1 Å². The Kier molecular flexibility index (Phi) is 4.56. The molecule has 144 valence electrons. The molecule has 1 saturated heterocycles. The number of thiophene rings is 1. The van der Waals surface area contributed by atoms with Crippen molar-refractivity contribution in [1.82, 2.24) is 10.2 Å². The fourth-order valence-electron chi connectivity index (χ4n) is 4.09. The second-order valence-electron chi connectivity index (χ2n) is 7.32. The summed E-state index contributed by atoms with van der Waals surface area (Å²) < 4.78 is 7.23. The number of nitrogens with zero attached hydrogens (tertiary/aromatic N) is 2. The van der Waals surface area contributed by atoms with E-state index in [2.05, 4.69) is 45.9 Å². The van der Waals surface area contributed by atoms with Gasteiger partial charge in [0.1, 0.15) is 11.9 Å². The Labute approximate surface area is 168 Å². The topological polar surface area (TPSA) is 44.8 Å². The second kappa shape index (κ2) is 7.36. The molecule has 2 aliphatic heterocycles. The van der Waals surface area contributed by atoms with Gasteiger partial charge in [-0.3, -0.25) is 0 Å². The maximum atomic E-state index is 12.6. The number of para-hydroxylation sites is 1. The zero-order valence-electron chi connectivity index (χ0n) is 15.6. The van der Waals surface area contributed by atoms with Crippen molar-refractivity contribution < 1.29 is 9.53 Å². The number of piperazine rings is 1. The Morgan fingerprint density at radius 3 is 2.79 bits per heavy atom. The molecule has 1 unspecified atom stereocenters. The second-order valence-corrected chi connectivity index (χ2v) is 8.27. The summed E-state index contributed by atoms with van der Waals surface area (Å²) in [6.07, 6.45) is 0.883. The lowest BCUT2D eigenvalue weighted by Crippen LogP contribution is -2.53. The van der Waals surface area contributed by atoms with Crippen LogP contribution in [0, 0.1) is 0 Å². The zero-order valence-corrected chi connectivity index (χ0v) is 16.5. The van der Waals surface area contributed by atoms with Crippen molar-refractivity contribution in [2.75, 3.05) is 37.6 Å². The molecule has 5 rings (SSSR count). The number of hydrogen-bond acceptors (Lipinski definition) is 4. The van der Waals surface area contributed by atoms with Crippen molar-refractivity contribution in [2.24, 2.45) is 0 Å². The zero-order chi connectivity index (χ0) is 18.9. The Bertz CT molecular complexity index is 969. The van der Waals surface area contributed by atoms with E-state index < -0.39 is 0 Å². The Morgan fingerprint density at radius 2 is 1.93 bits per heavy atom. The number of carbonyl (C=O) groups is 1. The highest BCUT2D eigenvalue weighted by molar-refractivity contribution is 7.17. The first kappa shape index (κ1) is 17.4. The molecule has 1 fully saturated rings. The molecule has 6 heteroatoms. The van der Waals surface area contributed by atoms with Crippen molar-refractivity contribution in [3.8, 4) is 5.75 Å². The predicted molar refractivity (Wildman–Crippen MR) is 114 cm³/mol. The summed E-state index contributed by atoms with van der Waals surface area (Å²) in [6.45, 7) is 3.72. The van der Waals surface area contributed by atoms with Crippen LogP contribution in [-0.4, -0.2) is 49.8 Å². The van der Waals surface area contributed by atoms with Gasteiger partial charge in [0.25, 0.3) is 0 Å².